The average molecular weight is 326 g/mol. The predicted molar refractivity (Wildman–Crippen MR) is 81.4 cm³/mol. The number of anilines is 1. The van der Waals surface area contributed by atoms with Crippen LogP contribution in [0.3, 0.4) is 0 Å². The Balaban J connectivity index is 2.01. The molecule has 4 nitrogen and oxygen atoms in total. The Bertz CT molecular complexity index is 458. The number of carbonyl (C=O) groups excluding carboxylic acids is 1. The molecule has 0 spiro atoms. The lowest BCUT2D eigenvalue weighted by Crippen LogP contribution is -2.51. The second-order valence-corrected chi connectivity index (χ2v) is 5.83. The molecule has 1 saturated heterocycles. The van der Waals surface area contributed by atoms with Gasteiger partial charge in [0, 0.05) is 36.3 Å². The summed E-state index contributed by atoms with van der Waals surface area (Å²) in [6.07, 6.45) is 0. The van der Waals surface area contributed by atoms with Crippen molar-refractivity contribution in [3.63, 3.8) is 0 Å². The summed E-state index contributed by atoms with van der Waals surface area (Å²) < 4.78 is 0.975. The molecule has 2 N–H and O–H groups in total. The zero-order valence-electron chi connectivity index (χ0n) is 11.4. The van der Waals surface area contributed by atoms with Crippen molar-refractivity contribution in [2.24, 2.45) is 0 Å². The predicted octanol–water partition coefficient (Wildman–Crippen LogP) is 1.99. The molecule has 0 bridgehead atoms. The van der Waals surface area contributed by atoms with Gasteiger partial charge in [0.25, 0.3) is 0 Å². The van der Waals surface area contributed by atoms with Crippen LogP contribution < -0.4 is 10.6 Å². The third-order valence-electron chi connectivity index (χ3n) is 3.54. The van der Waals surface area contributed by atoms with Crippen LogP contribution in [-0.4, -0.2) is 43.0 Å². The van der Waals surface area contributed by atoms with Crippen LogP contribution >= 0.6 is 15.9 Å². The fourth-order valence-corrected chi connectivity index (χ4v) is 2.56. The summed E-state index contributed by atoms with van der Waals surface area (Å²) in [6, 6.07) is 5.82. The minimum Gasteiger partial charge on any atom is -0.324 e. The lowest BCUT2D eigenvalue weighted by atomic mass is 10.1. The molecular weight excluding hydrogens is 306 g/mol. The van der Waals surface area contributed by atoms with Crippen molar-refractivity contribution in [1.82, 2.24) is 10.2 Å². The Hall–Kier alpha value is -0.910. The van der Waals surface area contributed by atoms with Gasteiger partial charge in [-0.1, -0.05) is 22.0 Å². The molecular formula is C14H20BrN3O. The van der Waals surface area contributed by atoms with Gasteiger partial charge in [0.15, 0.2) is 0 Å². The largest absolute Gasteiger partial charge is 0.324 e. The summed E-state index contributed by atoms with van der Waals surface area (Å²) in [5, 5.41) is 6.31. The van der Waals surface area contributed by atoms with Gasteiger partial charge in [0.1, 0.15) is 0 Å². The quantitative estimate of drug-likeness (QED) is 0.893. The molecule has 1 aliphatic rings. The van der Waals surface area contributed by atoms with Crippen molar-refractivity contribution in [3.05, 3.63) is 28.2 Å². The smallest absolute Gasteiger partial charge is 0.241 e. The molecule has 1 fully saturated rings. The van der Waals surface area contributed by atoms with E-state index in [9.17, 15) is 4.79 Å². The van der Waals surface area contributed by atoms with E-state index in [0.29, 0.717) is 0 Å². The minimum absolute atomic E-state index is 0.0584. The van der Waals surface area contributed by atoms with E-state index in [0.717, 1.165) is 41.9 Å². The Morgan fingerprint density at radius 1 is 1.42 bits per heavy atom. The van der Waals surface area contributed by atoms with Gasteiger partial charge in [-0.05, 0) is 31.5 Å². The highest BCUT2D eigenvalue weighted by molar-refractivity contribution is 9.10. The lowest BCUT2D eigenvalue weighted by Gasteiger charge is -2.31. The summed E-state index contributed by atoms with van der Waals surface area (Å²) in [7, 11) is 0. The van der Waals surface area contributed by atoms with Crippen LogP contribution in [0.2, 0.25) is 0 Å². The number of halogens is 1. The van der Waals surface area contributed by atoms with E-state index >= 15 is 0 Å². The second kappa shape index (κ2) is 6.50. The summed E-state index contributed by atoms with van der Waals surface area (Å²) >= 11 is 3.43. The molecule has 2 rings (SSSR count). The molecule has 1 unspecified atom stereocenters. The van der Waals surface area contributed by atoms with Gasteiger partial charge < -0.3 is 10.6 Å². The van der Waals surface area contributed by atoms with Crippen LogP contribution in [0.5, 0.6) is 0 Å². The van der Waals surface area contributed by atoms with Crippen LogP contribution in [0, 0.1) is 6.92 Å². The molecule has 1 atom stereocenters. The first-order chi connectivity index (χ1) is 9.08. The normalized spacial score (nSPS) is 18.1. The molecule has 0 aromatic heterocycles. The third-order valence-corrected chi connectivity index (χ3v) is 4.03. The summed E-state index contributed by atoms with van der Waals surface area (Å²) in [4.78, 5) is 14.5. The number of piperazine rings is 1. The van der Waals surface area contributed by atoms with Crippen molar-refractivity contribution in [2.75, 3.05) is 31.5 Å². The number of benzene rings is 1. The van der Waals surface area contributed by atoms with Crippen molar-refractivity contribution in [3.8, 4) is 0 Å². The van der Waals surface area contributed by atoms with E-state index in [2.05, 4.69) is 31.5 Å². The van der Waals surface area contributed by atoms with Crippen LogP contribution in [0.15, 0.2) is 22.7 Å². The molecule has 1 heterocycles. The maximum absolute atomic E-state index is 12.3. The van der Waals surface area contributed by atoms with Crippen molar-refractivity contribution in [2.45, 2.75) is 19.9 Å². The van der Waals surface area contributed by atoms with Gasteiger partial charge in [-0.2, -0.15) is 0 Å². The Morgan fingerprint density at radius 2 is 2.11 bits per heavy atom. The first-order valence-corrected chi connectivity index (χ1v) is 7.39. The van der Waals surface area contributed by atoms with Crippen LogP contribution in [0.4, 0.5) is 5.69 Å². The van der Waals surface area contributed by atoms with E-state index < -0.39 is 0 Å². The monoisotopic (exact) mass is 325 g/mol. The molecule has 1 aromatic rings. The maximum Gasteiger partial charge on any atom is 0.241 e. The first-order valence-electron chi connectivity index (χ1n) is 6.59. The number of nitrogens with one attached hydrogen (secondary N) is 2. The van der Waals surface area contributed by atoms with Crippen molar-refractivity contribution >= 4 is 27.5 Å². The van der Waals surface area contributed by atoms with E-state index in [4.69, 9.17) is 0 Å². The number of amides is 1. The molecule has 0 aliphatic carbocycles. The average Bonchev–Trinajstić information content (AvgIpc) is 2.43. The van der Waals surface area contributed by atoms with Crippen LogP contribution in [0.25, 0.3) is 0 Å². The fourth-order valence-electron chi connectivity index (χ4n) is 2.20. The van der Waals surface area contributed by atoms with Gasteiger partial charge in [0.05, 0.1) is 6.04 Å². The standard InChI is InChI=1S/C14H20BrN3O/c1-10-3-4-12(15)9-13(10)17-14(19)11(2)18-7-5-16-6-8-18/h3-4,9,11,16H,5-8H2,1-2H3,(H,17,19). The molecule has 104 valence electrons. The first kappa shape index (κ1) is 14.5. The Morgan fingerprint density at radius 3 is 2.79 bits per heavy atom. The SMILES string of the molecule is Cc1ccc(Br)cc1NC(=O)C(C)N1CCNCC1. The molecule has 19 heavy (non-hydrogen) atoms. The van der Waals surface area contributed by atoms with Gasteiger partial charge in [-0.15, -0.1) is 0 Å². The number of aryl methyl sites for hydroxylation is 1. The number of hydrogen-bond donors (Lipinski definition) is 2. The number of nitrogens with zero attached hydrogens (tertiary/aromatic N) is 1. The van der Waals surface area contributed by atoms with Gasteiger partial charge in [-0.25, -0.2) is 0 Å². The van der Waals surface area contributed by atoms with Crippen molar-refractivity contribution < 1.29 is 4.79 Å². The highest BCUT2D eigenvalue weighted by Crippen LogP contribution is 2.21. The highest BCUT2D eigenvalue weighted by atomic mass is 79.9. The molecule has 0 saturated carbocycles. The van der Waals surface area contributed by atoms with E-state index in [1.165, 1.54) is 0 Å². The summed E-state index contributed by atoms with van der Waals surface area (Å²) in [5.41, 5.74) is 1.95. The topological polar surface area (TPSA) is 44.4 Å². The summed E-state index contributed by atoms with van der Waals surface area (Å²) in [6.45, 7) is 7.71. The Kier molecular flexibility index (Phi) is 4.96. The maximum atomic E-state index is 12.3. The zero-order chi connectivity index (χ0) is 13.8. The van der Waals surface area contributed by atoms with Crippen LogP contribution in [-0.2, 0) is 4.79 Å². The minimum atomic E-state index is -0.0968. The van der Waals surface area contributed by atoms with E-state index in [1.807, 2.05) is 32.0 Å². The van der Waals surface area contributed by atoms with Gasteiger partial charge in [-0.3, -0.25) is 9.69 Å². The number of carbonyl (C=O) groups is 1. The fraction of sp³-hybridized carbons (Fsp3) is 0.500. The molecule has 1 amide bonds. The van der Waals surface area contributed by atoms with Gasteiger partial charge in [0.2, 0.25) is 5.91 Å². The highest BCUT2D eigenvalue weighted by Gasteiger charge is 2.22. The number of hydrogen-bond acceptors (Lipinski definition) is 3. The zero-order valence-corrected chi connectivity index (χ0v) is 13.0. The van der Waals surface area contributed by atoms with Gasteiger partial charge >= 0.3 is 0 Å². The Labute approximate surface area is 122 Å². The molecule has 0 radical (unpaired) electrons. The molecule has 1 aliphatic heterocycles. The number of rotatable bonds is 3. The van der Waals surface area contributed by atoms with E-state index in [-0.39, 0.29) is 11.9 Å². The third kappa shape index (κ3) is 3.78. The van der Waals surface area contributed by atoms with Crippen LogP contribution in [0.1, 0.15) is 12.5 Å². The van der Waals surface area contributed by atoms with E-state index in [1.54, 1.807) is 0 Å². The molecule has 5 heteroatoms. The lowest BCUT2D eigenvalue weighted by molar-refractivity contribution is -0.120. The second-order valence-electron chi connectivity index (χ2n) is 4.91. The van der Waals surface area contributed by atoms with Crippen molar-refractivity contribution in [1.29, 1.82) is 0 Å². The molecule has 1 aromatic carbocycles. The summed E-state index contributed by atoms with van der Waals surface area (Å²) in [5.74, 6) is 0.0584.